The Balaban J connectivity index is 2.09. The van der Waals surface area contributed by atoms with Crippen LogP contribution in [-0.4, -0.2) is 5.38 Å². The molecule has 1 aromatic carbocycles. The third kappa shape index (κ3) is 2.52. The van der Waals surface area contributed by atoms with Gasteiger partial charge in [-0.05, 0) is 48.8 Å². The maximum atomic E-state index is 12.9. The van der Waals surface area contributed by atoms with Crippen molar-refractivity contribution in [3.63, 3.8) is 0 Å². The van der Waals surface area contributed by atoms with Gasteiger partial charge < -0.3 is 0 Å². The van der Waals surface area contributed by atoms with Gasteiger partial charge in [0.1, 0.15) is 5.82 Å². The first-order chi connectivity index (χ1) is 7.58. The van der Waals surface area contributed by atoms with Crippen molar-refractivity contribution < 1.29 is 4.39 Å². The first-order valence-corrected chi connectivity index (χ1v) is 6.47. The summed E-state index contributed by atoms with van der Waals surface area (Å²) in [7, 11) is 0. The van der Waals surface area contributed by atoms with Crippen molar-refractivity contribution in [2.45, 2.75) is 31.6 Å². The van der Waals surface area contributed by atoms with Crippen molar-refractivity contribution in [2.24, 2.45) is 11.8 Å². The van der Waals surface area contributed by atoms with Gasteiger partial charge in [0.15, 0.2) is 0 Å². The SMILES string of the molecule is CC1C(Cl)CCC1Cc1ccc(F)cc1Cl. The minimum atomic E-state index is -0.275. The molecule has 0 bridgehead atoms. The summed E-state index contributed by atoms with van der Waals surface area (Å²) in [4.78, 5) is 0. The van der Waals surface area contributed by atoms with E-state index in [1.54, 1.807) is 6.07 Å². The van der Waals surface area contributed by atoms with E-state index >= 15 is 0 Å². The summed E-state index contributed by atoms with van der Waals surface area (Å²) < 4.78 is 12.9. The van der Waals surface area contributed by atoms with Gasteiger partial charge in [-0.3, -0.25) is 0 Å². The number of benzene rings is 1. The number of alkyl halides is 1. The lowest BCUT2D eigenvalue weighted by atomic mass is 9.91. The van der Waals surface area contributed by atoms with E-state index in [2.05, 4.69) is 6.92 Å². The standard InChI is InChI=1S/C13H15Cl2F/c1-8-9(3-5-12(8)14)6-10-2-4-11(16)7-13(10)15/h2,4,7-9,12H,3,5-6H2,1H3. The van der Waals surface area contributed by atoms with Gasteiger partial charge in [-0.1, -0.05) is 24.6 Å². The van der Waals surface area contributed by atoms with Gasteiger partial charge >= 0.3 is 0 Å². The summed E-state index contributed by atoms with van der Waals surface area (Å²) in [6.45, 7) is 2.19. The Labute approximate surface area is 106 Å². The van der Waals surface area contributed by atoms with E-state index in [4.69, 9.17) is 23.2 Å². The zero-order valence-corrected chi connectivity index (χ0v) is 10.7. The highest BCUT2D eigenvalue weighted by Crippen LogP contribution is 2.38. The van der Waals surface area contributed by atoms with E-state index in [9.17, 15) is 4.39 Å². The maximum absolute atomic E-state index is 12.9. The predicted octanol–water partition coefficient (Wildman–Crippen LogP) is 4.68. The molecule has 16 heavy (non-hydrogen) atoms. The van der Waals surface area contributed by atoms with Gasteiger partial charge in [0.25, 0.3) is 0 Å². The second-order valence-corrected chi connectivity index (χ2v) is 5.62. The summed E-state index contributed by atoms with van der Waals surface area (Å²) in [5, 5.41) is 0.814. The molecule has 1 aliphatic rings. The Morgan fingerprint density at radius 3 is 2.69 bits per heavy atom. The maximum Gasteiger partial charge on any atom is 0.124 e. The fourth-order valence-electron chi connectivity index (χ4n) is 2.45. The van der Waals surface area contributed by atoms with Crippen molar-refractivity contribution in [3.8, 4) is 0 Å². The van der Waals surface area contributed by atoms with Gasteiger partial charge in [0.2, 0.25) is 0 Å². The summed E-state index contributed by atoms with van der Waals surface area (Å²) in [6, 6.07) is 4.64. The monoisotopic (exact) mass is 260 g/mol. The normalized spacial score (nSPS) is 29.6. The molecule has 2 rings (SSSR count). The van der Waals surface area contributed by atoms with Crippen molar-refractivity contribution >= 4 is 23.2 Å². The Morgan fingerprint density at radius 1 is 1.38 bits per heavy atom. The third-order valence-electron chi connectivity index (χ3n) is 3.62. The Morgan fingerprint density at radius 2 is 2.12 bits per heavy atom. The second-order valence-electron chi connectivity index (χ2n) is 4.65. The van der Waals surface area contributed by atoms with Crippen molar-refractivity contribution in [1.29, 1.82) is 0 Å². The highest BCUT2D eigenvalue weighted by atomic mass is 35.5. The van der Waals surface area contributed by atoms with Crippen LogP contribution in [0.5, 0.6) is 0 Å². The second kappa shape index (κ2) is 4.93. The summed E-state index contributed by atoms with van der Waals surface area (Å²) in [5.41, 5.74) is 1.03. The van der Waals surface area contributed by atoms with Crippen LogP contribution in [-0.2, 0) is 6.42 Å². The average Bonchev–Trinajstić information content (AvgIpc) is 2.54. The van der Waals surface area contributed by atoms with Crippen molar-refractivity contribution in [2.75, 3.05) is 0 Å². The smallest absolute Gasteiger partial charge is 0.124 e. The van der Waals surface area contributed by atoms with E-state index < -0.39 is 0 Å². The van der Waals surface area contributed by atoms with Crippen molar-refractivity contribution in [1.82, 2.24) is 0 Å². The molecule has 3 heteroatoms. The molecule has 1 aromatic rings. The molecule has 0 N–H and O–H groups in total. The van der Waals surface area contributed by atoms with Crippen LogP contribution >= 0.6 is 23.2 Å². The fourth-order valence-corrected chi connectivity index (χ4v) is 3.03. The van der Waals surface area contributed by atoms with Gasteiger partial charge in [0, 0.05) is 10.4 Å². The number of halogens is 3. The quantitative estimate of drug-likeness (QED) is 0.678. The number of hydrogen-bond donors (Lipinski definition) is 0. The molecule has 0 aromatic heterocycles. The van der Waals surface area contributed by atoms with Gasteiger partial charge in [-0.15, -0.1) is 11.6 Å². The Bertz CT molecular complexity index is 378. The zero-order valence-electron chi connectivity index (χ0n) is 9.22. The predicted molar refractivity (Wildman–Crippen MR) is 66.6 cm³/mol. The largest absolute Gasteiger partial charge is 0.207 e. The molecule has 0 aliphatic heterocycles. The van der Waals surface area contributed by atoms with Crippen LogP contribution in [0.3, 0.4) is 0 Å². The topological polar surface area (TPSA) is 0 Å². The lowest BCUT2D eigenvalue weighted by Gasteiger charge is -2.17. The molecular formula is C13H15Cl2F. The lowest BCUT2D eigenvalue weighted by Crippen LogP contribution is -2.13. The molecule has 1 saturated carbocycles. The first-order valence-electron chi connectivity index (χ1n) is 5.66. The molecule has 3 unspecified atom stereocenters. The molecule has 0 saturated heterocycles. The summed E-state index contributed by atoms with van der Waals surface area (Å²) in [6.07, 6.45) is 3.12. The third-order valence-corrected chi connectivity index (χ3v) is 4.59. The molecule has 1 fully saturated rings. The Hall–Kier alpha value is -0.270. The van der Waals surface area contributed by atoms with E-state index in [0.717, 1.165) is 24.8 Å². The minimum Gasteiger partial charge on any atom is -0.207 e. The van der Waals surface area contributed by atoms with E-state index in [0.29, 0.717) is 16.9 Å². The van der Waals surface area contributed by atoms with Crippen LogP contribution in [0.2, 0.25) is 5.02 Å². The van der Waals surface area contributed by atoms with Crippen LogP contribution in [0, 0.1) is 17.7 Å². The highest BCUT2D eigenvalue weighted by molar-refractivity contribution is 6.31. The molecule has 88 valence electrons. The fraction of sp³-hybridized carbons (Fsp3) is 0.538. The molecular weight excluding hydrogens is 246 g/mol. The molecule has 3 atom stereocenters. The van der Waals surface area contributed by atoms with Crippen LogP contribution in [0.15, 0.2) is 18.2 Å². The number of rotatable bonds is 2. The zero-order chi connectivity index (χ0) is 11.7. The van der Waals surface area contributed by atoms with Gasteiger partial charge in [-0.25, -0.2) is 4.39 Å². The molecule has 0 nitrogen and oxygen atoms in total. The number of hydrogen-bond acceptors (Lipinski definition) is 0. The Kier molecular flexibility index (Phi) is 3.76. The van der Waals surface area contributed by atoms with Crippen LogP contribution in [0.4, 0.5) is 4.39 Å². The molecule has 0 radical (unpaired) electrons. The van der Waals surface area contributed by atoms with Gasteiger partial charge in [0.05, 0.1) is 0 Å². The molecule has 0 heterocycles. The summed E-state index contributed by atoms with van der Waals surface area (Å²) in [5.74, 6) is 0.816. The van der Waals surface area contributed by atoms with E-state index in [-0.39, 0.29) is 11.2 Å². The average molecular weight is 261 g/mol. The van der Waals surface area contributed by atoms with Crippen LogP contribution < -0.4 is 0 Å². The van der Waals surface area contributed by atoms with Crippen LogP contribution in [0.25, 0.3) is 0 Å². The van der Waals surface area contributed by atoms with Crippen LogP contribution in [0.1, 0.15) is 25.3 Å². The molecule has 1 aliphatic carbocycles. The van der Waals surface area contributed by atoms with Crippen molar-refractivity contribution in [3.05, 3.63) is 34.6 Å². The minimum absolute atomic E-state index is 0.275. The molecule has 0 spiro atoms. The summed E-state index contributed by atoms with van der Waals surface area (Å²) >= 11 is 12.2. The molecule has 0 amide bonds. The first kappa shape index (κ1) is 12.2. The van der Waals surface area contributed by atoms with E-state index in [1.165, 1.54) is 12.1 Å². The van der Waals surface area contributed by atoms with Gasteiger partial charge in [-0.2, -0.15) is 0 Å². The van der Waals surface area contributed by atoms with E-state index in [1.807, 2.05) is 0 Å². The lowest BCUT2D eigenvalue weighted by molar-refractivity contribution is 0.419. The highest BCUT2D eigenvalue weighted by Gasteiger charge is 2.31.